The third-order valence-electron chi connectivity index (χ3n) is 11.9. The molecular weight excluding hydrogens is 771 g/mol. The van der Waals surface area contributed by atoms with Crippen molar-refractivity contribution in [1.82, 2.24) is 9.80 Å². The summed E-state index contributed by atoms with van der Waals surface area (Å²) in [6.45, 7) is 8.68. The molecule has 2 aliphatic heterocycles. The van der Waals surface area contributed by atoms with Crippen molar-refractivity contribution in [3.05, 3.63) is 84.0 Å². The van der Waals surface area contributed by atoms with Crippen LogP contribution >= 0.6 is 0 Å². The number of ether oxygens (including phenoxy) is 6. The van der Waals surface area contributed by atoms with Crippen molar-refractivity contribution in [3.63, 3.8) is 0 Å². The Bertz CT molecular complexity index is 1710. The number of allylic oxidation sites excluding steroid dienone is 1. The number of oxime groups is 1. The Kier molecular flexibility index (Phi) is 17.6. The molecule has 14 heteroatoms. The molecule has 2 aromatic rings. The zero-order valence-electron chi connectivity index (χ0n) is 35.2. The maximum atomic E-state index is 14.5. The van der Waals surface area contributed by atoms with E-state index in [-0.39, 0.29) is 83.6 Å². The number of unbranched alkanes of at least 4 members (excludes halogenated alkanes) is 2. The molecule has 6 unspecified atom stereocenters. The van der Waals surface area contributed by atoms with Gasteiger partial charge in [-0.2, -0.15) is 0 Å². The van der Waals surface area contributed by atoms with Crippen LogP contribution in [-0.2, 0) is 30.4 Å². The molecule has 0 bridgehead atoms. The van der Waals surface area contributed by atoms with Crippen LogP contribution in [0.4, 0.5) is 4.79 Å². The van der Waals surface area contributed by atoms with Crippen LogP contribution in [0.25, 0.3) is 0 Å². The molecule has 14 nitrogen and oxygen atoms in total. The van der Waals surface area contributed by atoms with E-state index >= 15 is 0 Å². The van der Waals surface area contributed by atoms with Crippen LogP contribution < -0.4 is 9.47 Å². The third-order valence-corrected chi connectivity index (χ3v) is 11.9. The number of aliphatic hydroxyl groups is 3. The van der Waals surface area contributed by atoms with E-state index in [1.54, 1.807) is 11.0 Å². The Balaban J connectivity index is 1.43. The van der Waals surface area contributed by atoms with Crippen molar-refractivity contribution < 1.29 is 53.4 Å². The van der Waals surface area contributed by atoms with E-state index in [4.69, 9.17) is 33.3 Å². The van der Waals surface area contributed by atoms with Gasteiger partial charge in [-0.3, -0.25) is 9.80 Å². The molecule has 0 aromatic heterocycles. The van der Waals surface area contributed by atoms with Gasteiger partial charge in [0.1, 0.15) is 37.9 Å². The van der Waals surface area contributed by atoms with Crippen molar-refractivity contribution in [3.8, 4) is 11.5 Å². The molecule has 1 amide bonds. The van der Waals surface area contributed by atoms with Gasteiger partial charge in [0.05, 0.1) is 51.3 Å². The van der Waals surface area contributed by atoms with Crippen LogP contribution in [0.3, 0.4) is 0 Å². The van der Waals surface area contributed by atoms with E-state index in [9.17, 15) is 20.1 Å². The lowest BCUT2D eigenvalue weighted by Gasteiger charge is -2.59. The molecule has 330 valence electrons. The van der Waals surface area contributed by atoms with E-state index in [0.717, 1.165) is 67.8 Å². The first-order chi connectivity index (χ1) is 29.5. The first kappa shape index (κ1) is 45.5. The van der Waals surface area contributed by atoms with Gasteiger partial charge in [-0.05, 0) is 66.9 Å². The number of aliphatic hydroxyl groups excluding tert-OH is 3. The minimum absolute atomic E-state index is 0.00972. The second kappa shape index (κ2) is 23.3. The summed E-state index contributed by atoms with van der Waals surface area (Å²) in [7, 11) is 1.52. The molecule has 60 heavy (non-hydrogen) atoms. The molecule has 3 N–H and O–H groups in total. The van der Waals surface area contributed by atoms with Gasteiger partial charge in [-0.25, -0.2) is 4.79 Å². The molecule has 6 atom stereocenters. The fourth-order valence-electron chi connectivity index (χ4n) is 9.17. The average Bonchev–Trinajstić information content (AvgIpc) is 4.09. The molecule has 1 saturated heterocycles. The summed E-state index contributed by atoms with van der Waals surface area (Å²) in [4.78, 5) is 24.0. The van der Waals surface area contributed by atoms with Crippen LogP contribution in [0.1, 0.15) is 62.0 Å². The maximum absolute atomic E-state index is 14.5. The van der Waals surface area contributed by atoms with Gasteiger partial charge in [-0.15, -0.1) is 6.58 Å². The third kappa shape index (κ3) is 11.5. The minimum atomic E-state index is -1.45. The standard InChI is InChI=1S/C46H65N3O11/c1-3-24-59-46-42(49(20-25-55-27-23-52)45(53)58-29-28-56-33-34-11-5-4-6-12-34)32-40(47-54-2)38-30-35(13-7-9-21-50)37(14-8-10-22-51)43(44(38)46)39-31-36(15-16-41(39)60-46)57-26-19-48-17-18-48/h3-6,11-12,15-16,30-31,35,37,42-44,50-52H,1,7-10,13-14,17-29,32-33H2,2H3. The second-order valence-corrected chi connectivity index (χ2v) is 15.8. The van der Waals surface area contributed by atoms with Gasteiger partial charge in [-0.1, -0.05) is 60.5 Å². The van der Waals surface area contributed by atoms with Gasteiger partial charge >= 0.3 is 6.09 Å². The number of amides is 1. The Morgan fingerprint density at radius 2 is 1.77 bits per heavy atom. The fraction of sp³-hybridized carbons (Fsp3) is 0.609. The van der Waals surface area contributed by atoms with E-state index in [0.29, 0.717) is 37.5 Å². The highest BCUT2D eigenvalue weighted by atomic mass is 16.7. The number of hydrogen-bond donors (Lipinski definition) is 3. The highest BCUT2D eigenvalue weighted by molar-refractivity contribution is 6.02. The van der Waals surface area contributed by atoms with E-state index in [1.807, 2.05) is 42.5 Å². The van der Waals surface area contributed by atoms with E-state index in [2.05, 4.69) is 28.8 Å². The molecule has 4 aliphatic rings. The largest absolute Gasteiger partial charge is 0.492 e. The number of benzene rings is 2. The van der Waals surface area contributed by atoms with Gasteiger partial charge in [0.25, 0.3) is 0 Å². The molecule has 0 spiro atoms. The summed E-state index contributed by atoms with van der Waals surface area (Å²) in [5.74, 6) is -0.546. The monoisotopic (exact) mass is 835 g/mol. The van der Waals surface area contributed by atoms with Crippen molar-refractivity contribution in [2.75, 3.05) is 92.8 Å². The average molecular weight is 836 g/mol. The molecule has 2 aromatic carbocycles. The Morgan fingerprint density at radius 3 is 2.50 bits per heavy atom. The van der Waals surface area contributed by atoms with Crippen molar-refractivity contribution in [2.45, 2.75) is 69.3 Å². The van der Waals surface area contributed by atoms with Gasteiger partial charge in [0.2, 0.25) is 5.79 Å². The quantitative estimate of drug-likeness (QED) is 0.0462. The summed E-state index contributed by atoms with van der Waals surface area (Å²) in [5.41, 5.74) is 3.62. The SMILES string of the molecule is C=CCOC12Oc3ccc(OCCN4CC4)cc3C3C(CCCCO)C(CCCCO)C=C(C(=NOC)CC1N(CCOCCO)C(=O)OCCOCc1ccccc1)C32. The highest BCUT2D eigenvalue weighted by Gasteiger charge is 2.65. The predicted molar refractivity (Wildman–Crippen MR) is 226 cm³/mol. The number of hydrogen-bond acceptors (Lipinski definition) is 13. The number of fused-ring (bicyclic) bond motifs is 2. The fourth-order valence-corrected chi connectivity index (χ4v) is 9.17. The summed E-state index contributed by atoms with van der Waals surface area (Å²) < 4.78 is 38.2. The van der Waals surface area contributed by atoms with Crippen LogP contribution in [0, 0.1) is 17.8 Å². The maximum Gasteiger partial charge on any atom is 0.410 e. The zero-order valence-corrected chi connectivity index (χ0v) is 35.2. The lowest BCUT2D eigenvalue weighted by molar-refractivity contribution is -0.256. The van der Waals surface area contributed by atoms with Crippen LogP contribution in [0.15, 0.2) is 78.0 Å². The highest BCUT2D eigenvalue weighted by Crippen LogP contribution is 2.62. The lowest BCUT2D eigenvalue weighted by atomic mass is 9.55. The Morgan fingerprint density at radius 1 is 0.967 bits per heavy atom. The first-order valence-corrected chi connectivity index (χ1v) is 21.7. The van der Waals surface area contributed by atoms with Crippen molar-refractivity contribution in [1.29, 1.82) is 0 Å². The van der Waals surface area contributed by atoms with Gasteiger partial charge in [0, 0.05) is 57.3 Å². The van der Waals surface area contributed by atoms with Gasteiger partial charge in [0.15, 0.2) is 0 Å². The van der Waals surface area contributed by atoms with Crippen molar-refractivity contribution >= 4 is 11.8 Å². The first-order valence-electron chi connectivity index (χ1n) is 21.7. The Labute approximate surface area is 354 Å². The molecule has 6 rings (SSSR count). The molecular formula is C46H65N3O11. The smallest absolute Gasteiger partial charge is 0.410 e. The van der Waals surface area contributed by atoms with Crippen LogP contribution in [0.2, 0.25) is 0 Å². The number of carbonyl (C=O) groups excluding carboxylic acids is 1. The van der Waals surface area contributed by atoms with Gasteiger partial charge < -0.3 is 48.6 Å². The Hall–Kier alpha value is -4.02. The summed E-state index contributed by atoms with van der Waals surface area (Å²) >= 11 is 0. The summed E-state index contributed by atoms with van der Waals surface area (Å²) in [6, 6.07) is 15.0. The van der Waals surface area contributed by atoms with Crippen molar-refractivity contribution in [2.24, 2.45) is 22.9 Å². The molecule has 1 saturated carbocycles. The molecule has 2 aliphatic carbocycles. The summed E-state index contributed by atoms with van der Waals surface area (Å²) in [5, 5.41) is 33.9. The molecule has 2 fully saturated rings. The minimum Gasteiger partial charge on any atom is -0.492 e. The normalized spacial score (nSPS) is 24.8. The lowest BCUT2D eigenvalue weighted by Crippen LogP contribution is -2.70. The number of nitrogens with zero attached hydrogens (tertiary/aromatic N) is 3. The molecule has 2 heterocycles. The number of carbonyl (C=O) groups is 1. The summed E-state index contributed by atoms with van der Waals surface area (Å²) in [6.07, 6.45) is 8.26. The van der Waals surface area contributed by atoms with E-state index in [1.165, 1.54) is 7.11 Å². The number of rotatable bonds is 27. The molecule has 0 radical (unpaired) electrons. The van der Waals surface area contributed by atoms with E-state index < -0.39 is 23.8 Å². The topological polar surface area (TPSA) is 161 Å². The van der Waals surface area contributed by atoms with Crippen LogP contribution in [-0.4, -0.2) is 142 Å². The predicted octanol–water partition coefficient (Wildman–Crippen LogP) is 5.31. The van der Waals surface area contributed by atoms with Crippen LogP contribution in [0.5, 0.6) is 11.5 Å². The zero-order chi connectivity index (χ0) is 42.2. The second-order valence-electron chi connectivity index (χ2n) is 15.8.